The zero-order chi connectivity index (χ0) is 16.3. The average Bonchev–Trinajstić information content (AvgIpc) is 2.30. The fourth-order valence-corrected chi connectivity index (χ4v) is 2.94. The lowest BCUT2D eigenvalue weighted by Gasteiger charge is -2.28. The first-order chi connectivity index (χ1) is 9.50. The smallest absolute Gasteiger partial charge is 0.0207 e. The van der Waals surface area contributed by atoms with Crippen LogP contribution in [-0.4, -0.2) is 12.1 Å². The summed E-state index contributed by atoms with van der Waals surface area (Å²) in [7, 11) is 0. The number of rotatable bonds is 6. The van der Waals surface area contributed by atoms with Gasteiger partial charge in [0.2, 0.25) is 0 Å². The quantitative estimate of drug-likeness (QED) is 0.680. The molecule has 0 aromatic heterocycles. The van der Waals surface area contributed by atoms with Gasteiger partial charge in [-0.25, -0.2) is 0 Å². The molecule has 0 saturated carbocycles. The molecule has 0 heterocycles. The maximum Gasteiger partial charge on any atom is 0.0207 e. The lowest BCUT2D eigenvalue weighted by atomic mass is 9.82. The molecule has 0 spiro atoms. The summed E-state index contributed by atoms with van der Waals surface area (Å²) in [5, 5.41) is 3.60. The predicted octanol–water partition coefficient (Wildman–Crippen LogP) is 5.80. The van der Waals surface area contributed by atoms with E-state index in [2.05, 4.69) is 81.8 Å². The third kappa shape index (κ3) is 6.97. The van der Waals surface area contributed by atoms with E-state index in [1.807, 2.05) is 0 Å². The summed E-state index contributed by atoms with van der Waals surface area (Å²) in [6.45, 7) is 16.9. The Kier molecular flexibility index (Phi) is 6.49. The van der Waals surface area contributed by atoms with Gasteiger partial charge in [0.15, 0.2) is 0 Å². The highest BCUT2D eigenvalue weighted by molar-refractivity contribution is 9.10. The fourth-order valence-electron chi connectivity index (χ4n) is 2.48. The van der Waals surface area contributed by atoms with E-state index < -0.39 is 0 Å². The van der Waals surface area contributed by atoms with Crippen molar-refractivity contribution in [3.8, 4) is 0 Å². The summed E-state index contributed by atoms with van der Waals surface area (Å²) in [5.41, 5.74) is 4.83. The van der Waals surface area contributed by atoms with Crippen LogP contribution in [0.15, 0.2) is 16.6 Å². The lowest BCUT2D eigenvalue weighted by Crippen LogP contribution is -2.38. The molecule has 0 aliphatic heterocycles. The molecular weight excluding hydrogens is 322 g/mol. The molecule has 0 aliphatic rings. The highest BCUT2D eigenvalue weighted by Gasteiger charge is 2.19. The van der Waals surface area contributed by atoms with Crippen molar-refractivity contribution in [1.29, 1.82) is 0 Å². The van der Waals surface area contributed by atoms with Crippen molar-refractivity contribution in [3.05, 3.63) is 33.3 Å². The Labute approximate surface area is 140 Å². The van der Waals surface area contributed by atoms with Crippen LogP contribution in [-0.2, 0) is 6.42 Å². The Hall–Kier alpha value is -0.340. The van der Waals surface area contributed by atoms with Crippen molar-refractivity contribution in [2.75, 3.05) is 6.54 Å². The minimum Gasteiger partial charge on any atom is -0.312 e. The van der Waals surface area contributed by atoms with Gasteiger partial charge in [-0.1, -0.05) is 35.8 Å². The third-order valence-electron chi connectivity index (χ3n) is 4.15. The first kappa shape index (κ1) is 18.7. The Morgan fingerprint density at radius 1 is 0.952 bits per heavy atom. The zero-order valence-corrected chi connectivity index (χ0v) is 16.4. The minimum absolute atomic E-state index is 0.218. The monoisotopic (exact) mass is 353 g/mol. The van der Waals surface area contributed by atoms with E-state index in [1.165, 1.54) is 40.4 Å². The van der Waals surface area contributed by atoms with Crippen LogP contribution in [0.2, 0.25) is 0 Å². The molecule has 0 saturated heterocycles. The lowest BCUT2D eigenvalue weighted by molar-refractivity contribution is 0.284. The molecule has 1 aromatic rings. The molecule has 0 aliphatic carbocycles. The van der Waals surface area contributed by atoms with Gasteiger partial charge in [0.1, 0.15) is 0 Å². The predicted molar refractivity (Wildman–Crippen MR) is 98.1 cm³/mol. The van der Waals surface area contributed by atoms with E-state index in [-0.39, 0.29) is 5.54 Å². The molecule has 1 nitrogen and oxygen atoms in total. The van der Waals surface area contributed by atoms with Crippen molar-refractivity contribution in [2.24, 2.45) is 5.41 Å². The number of hydrogen-bond donors (Lipinski definition) is 1. The summed E-state index contributed by atoms with van der Waals surface area (Å²) >= 11 is 3.62. The van der Waals surface area contributed by atoms with Gasteiger partial charge in [0, 0.05) is 10.0 Å². The number of benzene rings is 1. The summed E-state index contributed by atoms with van der Waals surface area (Å²) in [5.74, 6) is 0. The van der Waals surface area contributed by atoms with Gasteiger partial charge in [-0.05, 0) is 88.6 Å². The Bertz CT molecular complexity index is 469. The van der Waals surface area contributed by atoms with Crippen molar-refractivity contribution < 1.29 is 0 Å². The van der Waals surface area contributed by atoms with Crippen LogP contribution in [0, 0.1) is 19.3 Å². The molecule has 1 aromatic carbocycles. The Morgan fingerprint density at radius 2 is 1.57 bits per heavy atom. The standard InChI is InChI=1S/C19H32BrN/c1-14-13-17(20)15(2)12-16(14)8-9-19(6,7)10-11-21-18(3,4)5/h12-13,21H,8-11H2,1-7H3. The zero-order valence-electron chi connectivity index (χ0n) is 14.9. The average molecular weight is 354 g/mol. The van der Waals surface area contributed by atoms with E-state index in [4.69, 9.17) is 0 Å². The van der Waals surface area contributed by atoms with Gasteiger partial charge in [0.05, 0.1) is 0 Å². The highest BCUT2D eigenvalue weighted by atomic mass is 79.9. The van der Waals surface area contributed by atoms with Gasteiger partial charge < -0.3 is 5.32 Å². The van der Waals surface area contributed by atoms with E-state index >= 15 is 0 Å². The van der Waals surface area contributed by atoms with Crippen LogP contribution in [0.3, 0.4) is 0 Å². The van der Waals surface area contributed by atoms with Crippen LogP contribution < -0.4 is 5.32 Å². The molecule has 0 unspecified atom stereocenters. The van der Waals surface area contributed by atoms with Gasteiger partial charge in [-0.3, -0.25) is 0 Å². The molecule has 0 fully saturated rings. The molecule has 120 valence electrons. The topological polar surface area (TPSA) is 12.0 Å². The third-order valence-corrected chi connectivity index (χ3v) is 5.00. The Balaban J connectivity index is 2.55. The second kappa shape index (κ2) is 7.28. The number of aryl methyl sites for hydroxylation is 3. The SMILES string of the molecule is Cc1cc(CCC(C)(C)CCNC(C)(C)C)c(C)cc1Br. The molecule has 1 rings (SSSR count). The second-order valence-electron chi connectivity index (χ2n) is 8.12. The maximum atomic E-state index is 3.62. The summed E-state index contributed by atoms with van der Waals surface area (Å²) < 4.78 is 1.22. The Morgan fingerprint density at radius 3 is 2.14 bits per heavy atom. The summed E-state index contributed by atoms with van der Waals surface area (Å²) in [4.78, 5) is 0. The molecular formula is C19H32BrN. The second-order valence-corrected chi connectivity index (χ2v) is 8.97. The highest BCUT2D eigenvalue weighted by Crippen LogP contribution is 2.29. The summed E-state index contributed by atoms with van der Waals surface area (Å²) in [6.07, 6.45) is 3.63. The van der Waals surface area contributed by atoms with Gasteiger partial charge in [0.25, 0.3) is 0 Å². The largest absolute Gasteiger partial charge is 0.312 e. The maximum absolute atomic E-state index is 3.62. The molecule has 1 N–H and O–H groups in total. The molecule has 2 heteroatoms. The van der Waals surface area contributed by atoms with Gasteiger partial charge in [-0.2, -0.15) is 0 Å². The van der Waals surface area contributed by atoms with Crippen LogP contribution in [0.4, 0.5) is 0 Å². The minimum atomic E-state index is 0.218. The van der Waals surface area contributed by atoms with Gasteiger partial charge >= 0.3 is 0 Å². The first-order valence-corrected chi connectivity index (χ1v) is 8.80. The molecule has 0 atom stereocenters. The van der Waals surface area contributed by atoms with E-state index in [1.54, 1.807) is 0 Å². The normalized spacial score (nSPS) is 12.8. The summed E-state index contributed by atoms with van der Waals surface area (Å²) in [6, 6.07) is 4.59. The molecule has 0 bridgehead atoms. The number of hydrogen-bond acceptors (Lipinski definition) is 1. The van der Waals surface area contributed by atoms with Crippen LogP contribution in [0.5, 0.6) is 0 Å². The van der Waals surface area contributed by atoms with Crippen molar-refractivity contribution in [2.45, 2.75) is 73.3 Å². The van der Waals surface area contributed by atoms with Crippen LogP contribution >= 0.6 is 15.9 Å². The van der Waals surface area contributed by atoms with Crippen LogP contribution in [0.1, 0.15) is 64.2 Å². The number of halogens is 1. The van der Waals surface area contributed by atoms with E-state index in [0.717, 1.165) is 6.54 Å². The van der Waals surface area contributed by atoms with Gasteiger partial charge in [-0.15, -0.1) is 0 Å². The first-order valence-electron chi connectivity index (χ1n) is 8.01. The molecule has 0 amide bonds. The number of nitrogens with one attached hydrogen (secondary N) is 1. The van der Waals surface area contributed by atoms with E-state index in [9.17, 15) is 0 Å². The van der Waals surface area contributed by atoms with Crippen molar-refractivity contribution in [1.82, 2.24) is 5.32 Å². The fraction of sp³-hybridized carbons (Fsp3) is 0.684. The molecule has 0 radical (unpaired) electrons. The molecule has 21 heavy (non-hydrogen) atoms. The van der Waals surface area contributed by atoms with E-state index in [0.29, 0.717) is 5.41 Å². The van der Waals surface area contributed by atoms with Crippen molar-refractivity contribution in [3.63, 3.8) is 0 Å². The van der Waals surface area contributed by atoms with Crippen LogP contribution in [0.25, 0.3) is 0 Å². The van der Waals surface area contributed by atoms with Crippen molar-refractivity contribution >= 4 is 15.9 Å².